The highest BCUT2D eigenvalue weighted by atomic mass is 14.5. The van der Waals surface area contributed by atoms with Gasteiger partial charge in [0, 0.05) is 5.71 Å². The lowest BCUT2D eigenvalue weighted by Crippen LogP contribution is -2.15. The van der Waals surface area contributed by atoms with Gasteiger partial charge in [0.25, 0.3) is 0 Å². The van der Waals surface area contributed by atoms with Gasteiger partial charge in [0.05, 0.1) is 5.92 Å². The Hall–Kier alpha value is -2.15. The molecular formula is C20H23N. The van der Waals surface area contributed by atoms with Crippen molar-refractivity contribution in [3.63, 3.8) is 0 Å². The number of rotatable bonds is 6. The Labute approximate surface area is 127 Å². The van der Waals surface area contributed by atoms with E-state index in [1.807, 2.05) is 36.4 Å². The summed E-state index contributed by atoms with van der Waals surface area (Å²) < 4.78 is 0. The van der Waals surface area contributed by atoms with Crippen LogP contribution in [0.5, 0.6) is 0 Å². The van der Waals surface area contributed by atoms with E-state index in [-0.39, 0.29) is 5.92 Å². The third-order valence-electron chi connectivity index (χ3n) is 3.73. The van der Waals surface area contributed by atoms with Gasteiger partial charge in [-0.3, -0.25) is 0 Å². The molecule has 2 aromatic rings. The Bertz CT molecular complexity index is 557. The van der Waals surface area contributed by atoms with E-state index in [0.29, 0.717) is 0 Å². The van der Waals surface area contributed by atoms with Crippen molar-refractivity contribution in [2.24, 2.45) is 0 Å². The molecule has 0 atom stereocenters. The second-order valence-electron chi connectivity index (χ2n) is 5.16. The van der Waals surface area contributed by atoms with Crippen molar-refractivity contribution in [2.45, 2.75) is 32.6 Å². The van der Waals surface area contributed by atoms with E-state index in [0.717, 1.165) is 24.1 Å². The van der Waals surface area contributed by atoms with Gasteiger partial charge >= 0.3 is 0 Å². The Morgan fingerprint density at radius 3 is 1.76 bits per heavy atom. The van der Waals surface area contributed by atoms with Gasteiger partial charge in [-0.05, 0) is 29.5 Å². The third kappa shape index (κ3) is 3.69. The Morgan fingerprint density at radius 2 is 1.38 bits per heavy atom. The number of benzene rings is 2. The van der Waals surface area contributed by atoms with Crippen LogP contribution < -0.4 is 0 Å². The molecule has 0 unspecified atom stereocenters. The van der Waals surface area contributed by atoms with Crippen LogP contribution in [0, 0.1) is 5.41 Å². The molecule has 0 saturated carbocycles. The first kappa shape index (κ1) is 15.2. The van der Waals surface area contributed by atoms with Crippen LogP contribution >= 0.6 is 0 Å². The molecule has 1 heteroatoms. The average molecular weight is 277 g/mol. The van der Waals surface area contributed by atoms with Crippen molar-refractivity contribution in [2.75, 3.05) is 0 Å². The highest BCUT2D eigenvalue weighted by Gasteiger charge is 2.20. The second-order valence-corrected chi connectivity index (χ2v) is 5.16. The zero-order valence-electron chi connectivity index (χ0n) is 12.8. The van der Waals surface area contributed by atoms with E-state index in [2.05, 4.69) is 44.2 Å². The molecule has 0 amide bonds. The first-order valence-electron chi connectivity index (χ1n) is 7.65. The van der Waals surface area contributed by atoms with Gasteiger partial charge in [0.1, 0.15) is 0 Å². The molecular weight excluding hydrogens is 254 g/mol. The van der Waals surface area contributed by atoms with Crippen LogP contribution in [0.25, 0.3) is 0 Å². The minimum Gasteiger partial charge on any atom is -0.304 e. The molecule has 0 spiro atoms. The van der Waals surface area contributed by atoms with Crippen LogP contribution in [-0.2, 0) is 0 Å². The summed E-state index contributed by atoms with van der Waals surface area (Å²) in [5.74, 6) is 0.0187. The Kier molecular flexibility index (Phi) is 5.51. The molecule has 0 fully saturated rings. The summed E-state index contributed by atoms with van der Waals surface area (Å²) in [6.45, 7) is 4.26. The van der Waals surface area contributed by atoms with E-state index >= 15 is 0 Å². The van der Waals surface area contributed by atoms with Crippen molar-refractivity contribution in [3.05, 3.63) is 83.4 Å². The molecule has 1 nitrogen and oxygen atoms in total. The number of hydrogen-bond donors (Lipinski definition) is 1. The molecule has 0 bridgehead atoms. The molecule has 0 heterocycles. The smallest absolute Gasteiger partial charge is 0.0508 e. The van der Waals surface area contributed by atoms with Crippen molar-refractivity contribution in [3.8, 4) is 0 Å². The molecule has 0 aliphatic heterocycles. The van der Waals surface area contributed by atoms with E-state index < -0.39 is 0 Å². The van der Waals surface area contributed by atoms with Crippen LogP contribution in [0.4, 0.5) is 0 Å². The van der Waals surface area contributed by atoms with Gasteiger partial charge in [-0.2, -0.15) is 0 Å². The fourth-order valence-corrected chi connectivity index (χ4v) is 2.69. The summed E-state index contributed by atoms with van der Waals surface area (Å²) in [6.07, 6.45) is 4.06. The zero-order chi connectivity index (χ0) is 15.1. The summed E-state index contributed by atoms with van der Waals surface area (Å²) in [4.78, 5) is 0. The van der Waals surface area contributed by atoms with Crippen LogP contribution in [-0.4, -0.2) is 5.71 Å². The standard InChI is InChI=1S/C20H23N/c1-3-11-16(4-2)20(21)19(17-12-7-5-8-13-17)18-14-9-6-10-15-18/h5-15,19,21H,3-4H2,1-2H3. The highest BCUT2D eigenvalue weighted by molar-refractivity contribution is 6.04. The third-order valence-corrected chi connectivity index (χ3v) is 3.73. The first-order chi connectivity index (χ1) is 10.3. The van der Waals surface area contributed by atoms with E-state index in [9.17, 15) is 0 Å². The van der Waals surface area contributed by atoms with Crippen LogP contribution in [0.2, 0.25) is 0 Å². The molecule has 108 valence electrons. The predicted octanol–water partition coefficient (Wildman–Crippen LogP) is 5.58. The van der Waals surface area contributed by atoms with Crippen molar-refractivity contribution < 1.29 is 0 Å². The van der Waals surface area contributed by atoms with Gasteiger partial charge in [-0.15, -0.1) is 0 Å². The number of nitrogens with one attached hydrogen (secondary N) is 1. The van der Waals surface area contributed by atoms with Crippen molar-refractivity contribution in [1.82, 2.24) is 0 Å². The van der Waals surface area contributed by atoms with Crippen LogP contribution in [0.3, 0.4) is 0 Å². The Balaban J connectivity index is 2.47. The van der Waals surface area contributed by atoms with Crippen molar-refractivity contribution in [1.29, 1.82) is 5.41 Å². The summed E-state index contributed by atoms with van der Waals surface area (Å²) in [5.41, 5.74) is 4.24. The maximum absolute atomic E-state index is 8.71. The second kappa shape index (κ2) is 7.58. The molecule has 0 aliphatic rings. The van der Waals surface area contributed by atoms with E-state index in [1.54, 1.807) is 0 Å². The molecule has 21 heavy (non-hydrogen) atoms. The lowest BCUT2D eigenvalue weighted by molar-refractivity contribution is 1.02. The minimum absolute atomic E-state index is 0.0187. The lowest BCUT2D eigenvalue weighted by Gasteiger charge is -2.21. The average Bonchev–Trinajstić information content (AvgIpc) is 2.55. The lowest BCUT2D eigenvalue weighted by atomic mass is 9.83. The molecule has 0 saturated heterocycles. The van der Waals surface area contributed by atoms with Gasteiger partial charge in [0.15, 0.2) is 0 Å². The van der Waals surface area contributed by atoms with E-state index in [1.165, 1.54) is 11.1 Å². The maximum Gasteiger partial charge on any atom is 0.0508 e. The minimum atomic E-state index is 0.0187. The van der Waals surface area contributed by atoms with Crippen LogP contribution in [0.1, 0.15) is 43.7 Å². The normalized spacial score (nSPS) is 11.7. The Morgan fingerprint density at radius 1 is 0.905 bits per heavy atom. The monoisotopic (exact) mass is 277 g/mol. The quantitative estimate of drug-likeness (QED) is 0.666. The van der Waals surface area contributed by atoms with Gasteiger partial charge in [-0.1, -0.05) is 80.6 Å². The molecule has 1 N–H and O–H groups in total. The number of hydrogen-bond acceptors (Lipinski definition) is 1. The topological polar surface area (TPSA) is 23.9 Å². The van der Waals surface area contributed by atoms with Gasteiger partial charge in [-0.25, -0.2) is 0 Å². The van der Waals surface area contributed by atoms with Gasteiger partial charge in [0.2, 0.25) is 0 Å². The molecule has 2 rings (SSSR count). The SMILES string of the molecule is CCC=C(CC)C(=N)C(c1ccccc1)c1ccccc1. The molecule has 0 aliphatic carbocycles. The van der Waals surface area contributed by atoms with Crippen molar-refractivity contribution >= 4 is 5.71 Å². The molecule has 0 aromatic heterocycles. The fraction of sp³-hybridized carbons (Fsp3) is 0.250. The highest BCUT2D eigenvalue weighted by Crippen LogP contribution is 2.29. The van der Waals surface area contributed by atoms with Gasteiger partial charge < -0.3 is 5.41 Å². The summed E-state index contributed by atoms with van der Waals surface area (Å²) in [7, 11) is 0. The fourth-order valence-electron chi connectivity index (χ4n) is 2.69. The first-order valence-corrected chi connectivity index (χ1v) is 7.65. The molecule has 0 radical (unpaired) electrons. The maximum atomic E-state index is 8.71. The summed E-state index contributed by atoms with van der Waals surface area (Å²) in [6, 6.07) is 20.7. The largest absolute Gasteiger partial charge is 0.304 e. The summed E-state index contributed by atoms with van der Waals surface area (Å²) in [5, 5.41) is 8.71. The summed E-state index contributed by atoms with van der Waals surface area (Å²) >= 11 is 0. The predicted molar refractivity (Wildman–Crippen MR) is 91.1 cm³/mol. The number of allylic oxidation sites excluding steroid dienone is 2. The molecule has 2 aromatic carbocycles. The van der Waals surface area contributed by atoms with Crippen LogP contribution in [0.15, 0.2) is 72.3 Å². The van der Waals surface area contributed by atoms with E-state index in [4.69, 9.17) is 5.41 Å². The zero-order valence-corrected chi connectivity index (χ0v) is 12.8.